The fourth-order valence-electron chi connectivity index (χ4n) is 4.78. The molecule has 6 N–H and O–H groups in total. The van der Waals surface area contributed by atoms with Gasteiger partial charge in [-0.2, -0.15) is 0 Å². The first-order valence-corrected chi connectivity index (χ1v) is 12.1. The van der Waals surface area contributed by atoms with Gasteiger partial charge in [0.25, 0.3) is 0 Å². The van der Waals surface area contributed by atoms with Crippen LogP contribution in [0.1, 0.15) is 35.1 Å². The van der Waals surface area contributed by atoms with Crippen molar-refractivity contribution in [2.45, 2.75) is 55.6 Å². The zero-order valence-corrected chi connectivity index (χ0v) is 20.7. The van der Waals surface area contributed by atoms with Gasteiger partial charge in [-0.15, -0.1) is 0 Å². The number of aliphatic hydroxyl groups excluding tert-OH is 6. The van der Waals surface area contributed by atoms with Crippen molar-refractivity contribution in [1.82, 2.24) is 0 Å². The molecule has 204 valence electrons. The van der Waals surface area contributed by atoms with Crippen LogP contribution in [0.3, 0.4) is 0 Å². The summed E-state index contributed by atoms with van der Waals surface area (Å²) >= 11 is 0. The maximum atomic E-state index is 10.4. The number of aryl methyl sites for hydroxylation is 1. The summed E-state index contributed by atoms with van der Waals surface area (Å²) in [6.07, 6.45) is -6.60. The van der Waals surface area contributed by atoms with Crippen molar-refractivity contribution in [2.75, 3.05) is 34.0 Å². The lowest BCUT2D eigenvalue weighted by atomic mass is 9.90. The molecule has 2 aromatic carbocycles. The number of fused-ring (bicyclic) bond motifs is 1. The molecule has 0 radical (unpaired) electrons. The molecule has 0 aliphatic carbocycles. The first kappa shape index (κ1) is 27.4. The third kappa shape index (κ3) is 5.34. The summed E-state index contributed by atoms with van der Waals surface area (Å²) in [5, 5.41) is 59.6. The van der Waals surface area contributed by atoms with E-state index in [1.807, 2.05) is 12.1 Å². The van der Waals surface area contributed by atoms with Crippen LogP contribution >= 0.6 is 0 Å². The molecule has 37 heavy (non-hydrogen) atoms. The van der Waals surface area contributed by atoms with Crippen molar-refractivity contribution in [3.05, 3.63) is 47.0 Å². The number of benzene rings is 2. The smallest absolute Gasteiger partial charge is 0.229 e. The van der Waals surface area contributed by atoms with Crippen LogP contribution in [0.5, 0.6) is 23.0 Å². The standard InChI is InChI=1S/C26H34O11/c1-33-17-6-5-14(10-18(17)35-26-23(32)22(31)21(30)20(12-29)36-26)24-16(11-28)15-8-13(4-3-7-27)9-19(34-2)25(15)37-24/h5-6,8-10,16,20-24,26-32H,3-4,7,11-12H2,1-2H3. The molecule has 0 saturated carbocycles. The van der Waals surface area contributed by atoms with E-state index in [1.165, 1.54) is 14.2 Å². The highest BCUT2D eigenvalue weighted by molar-refractivity contribution is 5.56. The fraction of sp³-hybridized carbons (Fsp3) is 0.538. The Kier molecular flexibility index (Phi) is 8.75. The van der Waals surface area contributed by atoms with Crippen LogP contribution < -0.4 is 18.9 Å². The van der Waals surface area contributed by atoms with Gasteiger partial charge in [-0.3, -0.25) is 0 Å². The second-order valence-electron chi connectivity index (χ2n) is 9.10. The van der Waals surface area contributed by atoms with Crippen molar-refractivity contribution in [3.8, 4) is 23.0 Å². The Morgan fingerprint density at radius 2 is 1.59 bits per heavy atom. The SMILES string of the molecule is COc1ccc(C2Oc3c(OC)cc(CCCO)cc3C2CO)cc1OC1OC(CO)C(O)C(O)C1O. The van der Waals surface area contributed by atoms with E-state index >= 15 is 0 Å². The highest BCUT2D eigenvalue weighted by Gasteiger charge is 2.45. The second-order valence-corrected chi connectivity index (χ2v) is 9.10. The Hall–Kier alpha value is -2.64. The molecular formula is C26H34O11. The van der Waals surface area contributed by atoms with Crippen molar-refractivity contribution < 1.29 is 54.3 Å². The van der Waals surface area contributed by atoms with Crippen LogP contribution in [0.4, 0.5) is 0 Å². The number of aliphatic hydroxyl groups is 6. The van der Waals surface area contributed by atoms with Gasteiger partial charge in [0.15, 0.2) is 23.0 Å². The van der Waals surface area contributed by atoms with Crippen molar-refractivity contribution >= 4 is 0 Å². The highest BCUT2D eigenvalue weighted by atomic mass is 16.7. The lowest BCUT2D eigenvalue weighted by Crippen LogP contribution is -2.60. The van der Waals surface area contributed by atoms with Crippen LogP contribution in [-0.4, -0.2) is 95.4 Å². The van der Waals surface area contributed by atoms with Crippen molar-refractivity contribution in [1.29, 1.82) is 0 Å². The zero-order chi connectivity index (χ0) is 26.7. The molecule has 11 heteroatoms. The van der Waals surface area contributed by atoms with Gasteiger partial charge in [-0.1, -0.05) is 12.1 Å². The number of hydrogen-bond acceptors (Lipinski definition) is 11. The maximum absolute atomic E-state index is 10.4. The Labute approximate surface area is 214 Å². The number of hydrogen-bond donors (Lipinski definition) is 6. The topological polar surface area (TPSA) is 168 Å². The van der Waals surface area contributed by atoms with Gasteiger partial charge in [0.05, 0.1) is 33.4 Å². The summed E-state index contributed by atoms with van der Waals surface area (Å²) in [5.41, 5.74) is 2.37. The van der Waals surface area contributed by atoms with E-state index in [-0.39, 0.29) is 19.0 Å². The summed E-state index contributed by atoms with van der Waals surface area (Å²) < 4.78 is 28.5. The van der Waals surface area contributed by atoms with Gasteiger partial charge in [0, 0.05) is 12.2 Å². The first-order valence-electron chi connectivity index (χ1n) is 12.1. The molecule has 0 spiro atoms. The monoisotopic (exact) mass is 522 g/mol. The summed E-state index contributed by atoms with van der Waals surface area (Å²) in [4.78, 5) is 0. The van der Waals surface area contributed by atoms with Gasteiger partial charge in [0.1, 0.15) is 30.5 Å². The fourth-order valence-corrected chi connectivity index (χ4v) is 4.78. The summed E-state index contributed by atoms with van der Waals surface area (Å²) in [6.45, 7) is -0.735. The minimum absolute atomic E-state index is 0.0605. The minimum atomic E-state index is -1.59. The van der Waals surface area contributed by atoms with E-state index in [1.54, 1.807) is 18.2 Å². The van der Waals surface area contributed by atoms with E-state index in [2.05, 4.69) is 0 Å². The van der Waals surface area contributed by atoms with E-state index in [4.69, 9.17) is 23.7 Å². The molecule has 4 rings (SSSR count). The molecule has 0 aromatic heterocycles. The predicted molar refractivity (Wildman–Crippen MR) is 129 cm³/mol. The highest BCUT2D eigenvalue weighted by Crippen LogP contribution is 2.51. The van der Waals surface area contributed by atoms with Gasteiger partial charge < -0.3 is 54.3 Å². The van der Waals surface area contributed by atoms with E-state index in [0.29, 0.717) is 35.7 Å². The Balaban J connectivity index is 1.64. The van der Waals surface area contributed by atoms with Crippen molar-refractivity contribution in [3.63, 3.8) is 0 Å². The second kappa shape index (κ2) is 11.8. The maximum Gasteiger partial charge on any atom is 0.229 e. The van der Waals surface area contributed by atoms with Crippen LogP contribution in [0.2, 0.25) is 0 Å². The predicted octanol–water partition coefficient (Wildman–Crippen LogP) is 0.0170. The van der Waals surface area contributed by atoms with Gasteiger partial charge >= 0.3 is 0 Å². The van der Waals surface area contributed by atoms with Gasteiger partial charge in [-0.05, 0) is 42.2 Å². The molecule has 7 atom stereocenters. The number of rotatable bonds is 10. The Morgan fingerprint density at radius 3 is 2.24 bits per heavy atom. The molecule has 7 unspecified atom stereocenters. The largest absolute Gasteiger partial charge is 0.493 e. The third-order valence-electron chi connectivity index (χ3n) is 6.80. The normalized spacial score (nSPS) is 28.9. The average Bonchev–Trinajstić information content (AvgIpc) is 3.30. The lowest BCUT2D eigenvalue weighted by Gasteiger charge is -2.39. The van der Waals surface area contributed by atoms with E-state index in [9.17, 15) is 30.6 Å². The summed E-state index contributed by atoms with van der Waals surface area (Å²) in [7, 11) is 2.97. The minimum Gasteiger partial charge on any atom is -0.493 e. The Bertz CT molecular complexity index is 1060. The summed E-state index contributed by atoms with van der Waals surface area (Å²) in [6, 6.07) is 8.83. The lowest BCUT2D eigenvalue weighted by molar-refractivity contribution is -0.277. The van der Waals surface area contributed by atoms with Crippen LogP contribution in [-0.2, 0) is 11.2 Å². The number of ether oxygens (including phenoxy) is 5. The molecule has 2 heterocycles. The van der Waals surface area contributed by atoms with Crippen molar-refractivity contribution in [2.24, 2.45) is 0 Å². The molecule has 0 amide bonds. The van der Waals surface area contributed by atoms with Crippen LogP contribution in [0, 0.1) is 0 Å². The first-order chi connectivity index (χ1) is 17.9. The zero-order valence-electron chi connectivity index (χ0n) is 20.7. The number of methoxy groups -OCH3 is 2. The van der Waals surface area contributed by atoms with Gasteiger partial charge in [-0.25, -0.2) is 0 Å². The van der Waals surface area contributed by atoms with E-state index < -0.39 is 49.3 Å². The summed E-state index contributed by atoms with van der Waals surface area (Å²) in [5.74, 6) is 1.09. The molecule has 11 nitrogen and oxygen atoms in total. The molecule has 2 aromatic rings. The third-order valence-corrected chi connectivity index (χ3v) is 6.80. The quantitative estimate of drug-likeness (QED) is 0.249. The van der Waals surface area contributed by atoms with E-state index in [0.717, 1.165) is 11.1 Å². The molecular weight excluding hydrogens is 488 g/mol. The average molecular weight is 523 g/mol. The van der Waals surface area contributed by atoms with Crippen LogP contribution in [0.15, 0.2) is 30.3 Å². The Morgan fingerprint density at radius 1 is 0.838 bits per heavy atom. The van der Waals surface area contributed by atoms with Crippen LogP contribution in [0.25, 0.3) is 0 Å². The molecule has 2 aliphatic rings. The molecule has 1 saturated heterocycles. The molecule has 2 aliphatic heterocycles. The van der Waals surface area contributed by atoms with Gasteiger partial charge in [0.2, 0.25) is 6.29 Å². The molecule has 1 fully saturated rings. The molecule has 0 bridgehead atoms.